The molecular formula is C17H22ClN3O. The Balaban J connectivity index is 1.69. The van der Waals surface area contributed by atoms with Crippen LogP contribution in [0.5, 0.6) is 0 Å². The zero-order valence-electron chi connectivity index (χ0n) is 12.8. The molecule has 1 aromatic heterocycles. The van der Waals surface area contributed by atoms with Crippen molar-refractivity contribution in [2.75, 3.05) is 13.2 Å². The molecule has 1 aromatic carbocycles. The van der Waals surface area contributed by atoms with Gasteiger partial charge < -0.3 is 5.11 Å². The highest BCUT2D eigenvalue weighted by atomic mass is 35.5. The molecule has 1 aliphatic rings. The van der Waals surface area contributed by atoms with E-state index < -0.39 is 0 Å². The number of benzene rings is 1. The van der Waals surface area contributed by atoms with Gasteiger partial charge in [-0.1, -0.05) is 11.6 Å². The minimum Gasteiger partial charge on any atom is -0.396 e. The van der Waals surface area contributed by atoms with E-state index in [0.717, 1.165) is 36.6 Å². The van der Waals surface area contributed by atoms with Gasteiger partial charge >= 0.3 is 0 Å². The number of likely N-dealkylation sites (tertiary alicyclic amines) is 1. The van der Waals surface area contributed by atoms with Crippen LogP contribution in [-0.2, 0) is 6.54 Å². The normalized spacial score (nSPS) is 22.9. The highest BCUT2D eigenvalue weighted by Crippen LogP contribution is 2.23. The van der Waals surface area contributed by atoms with Gasteiger partial charge in [-0.25, -0.2) is 4.68 Å². The molecule has 1 fully saturated rings. The van der Waals surface area contributed by atoms with Gasteiger partial charge in [0.15, 0.2) is 0 Å². The number of aliphatic hydroxyl groups is 1. The minimum absolute atomic E-state index is 0.285. The smallest absolute Gasteiger partial charge is 0.0646 e. The molecule has 2 unspecified atom stereocenters. The van der Waals surface area contributed by atoms with E-state index in [-0.39, 0.29) is 6.61 Å². The third-order valence-electron chi connectivity index (χ3n) is 4.48. The molecule has 22 heavy (non-hydrogen) atoms. The fraction of sp³-hybridized carbons (Fsp3) is 0.471. The molecule has 2 aromatic rings. The molecule has 0 aliphatic carbocycles. The minimum atomic E-state index is 0.285. The van der Waals surface area contributed by atoms with Crippen LogP contribution in [0, 0.1) is 5.92 Å². The molecule has 4 nitrogen and oxygen atoms in total. The average Bonchev–Trinajstić information content (AvgIpc) is 2.99. The molecule has 1 aliphatic heterocycles. The standard InChI is InChI=1S/C17H22ClN3O/c1-13-2-3-14(12-22)9-20(13)10-15-8-19-21(11-15)17-6-4-16(18)5-7-17/h4-8,11,13-14,22H,2-3,9-10,12H2,1H3. The molecule has 0 amide bonds. The molecule has 118 valence electrons. The lowest BCUT2D eigenvalue weighted by atomic mass is 9.94. The van der Waals surface area contributed by atoms with Crippen molar-refractivity contribution in [1.29, 1.82) is 0 Å². The van der Waals surface area contributed by atoms with Crippen LogP contribution >= 0.6 is 11.6 Å². The van der Waals surface area contributed by atoms with Gasteiger partial charge in [-0.2, -0.15) is 5.10 Å². The molecule has 2 heterocycles. The Kier molecular flexibility index (Phi) is 4.81. The van der Waals surface area contributed by atoms with Crippen molar-refractivity contribution in [3.8, 4) is 5.69 Å². The fourth-order valence-corrected chi connectivity index (χ4v) is 3.17. The molecule has 3 rings (SSSR count). The van der Waals surface area contributed by atoms with Crippen LogP contribution in [0.4, 0.5) is 0 Å². The fourth-order valence-electron chi connectivity index (χ4n) is 3.04. The van der Waals surface area contributed by atoms with Crippen LogP contribution < -0.4 is 0 Å². The third-order valence-corrected chi connectivity index (χ3v) is 4.73. The van der Waals surface area contributed by atoms with E-state index in [0.29, 0.717) is 12.0 Å². The summed E-state index contributed by atoms with van der Waals surface area (Å²) in [6.45, 7) is 4.39. The second kappa shape index (κ2) is 6.82. The molecule has 0 bridgehead atoms. The summed E-state index contributed by atoms with van der Waals surface area (Å²) in [6.07, 6.45) is 6.26. The molecule has 2 atom stereocenters. The maximum absolute atomic E-state index is 9.38. The maximum atomic E-state index is 9.38. The summed E-state index contributed by atoms with van der Waals surface area (Å²) in [7, 11) is 0. The second-order valence-electron chi connectivity index (χ2n) is 6.17. The van der Waals surface area contributed by atoms with Crippen LogP contribution in [0.1, 0.15) is 25.3 Å². The summed E-state index contributed by atoms with van der Waals surface area (Å²) in [5, 5.41) is 14.6. The summed E-state index contributed by atoms with van der Waals surface area (Å²) in [6, 6.07) is 8.23. The van der Waals surface area contributed by atoms with E-state index in [4.69, 9.17) is 11.6 Å². The largest absolute Gasteiger partial charge is 0.396 e. The highest BCUT2D eigenvalue weighted by molar-refractivity contribution is 6.30. The first-order valence-corrected chi connectivity index (χ1v) is 8.18. The summed E-state index contributed by atoms with van der Waals surface area (Å²) >= 11 is 5.92. The van der Waals surface area contributed by atoms with Crippen molar-refractivity contribution in [2.24, 2.45) is 5.92 Å². The van der Waals surface area contributed by atoms with Crippen molar-refractivity contribution < 1.29 is 5.11 Å². The second-order valence-corrected chi connectivity index (χ2v) is 6.61. The quantitative estimate of drug-likeness (QED) is 0.941. The van der Waals surface area contributed by atoms with Crippen molar-refractivity contribution in [2.45, 2.75) is 32.4 Å². The Labute approximate surface area is 136 Å². The number of aromatic nitrogens is 2. The van der Waals surface area contributed by atoms with Crippen molar-refractivity contribution in [1.82, 2.24) is 14.7 Å². The highest BCUT2D eigenvalue weighted by Gasteiger charge is 2.25. The first-order valence-electron chi connectivity index (χ1n) is 7.80. The van der Waals surface area contributed by atoms with E-state index in [1.54, 1.807) is 0 Å². The number of hydrogen-bond donors (Lipinski definition) is 1. The molecule has 0 spiro atoms. The molecule has 5 heteroatoms. The number of nitrogens with zero attached hydrogens (tertiary/aromatic N) is 3. The molecule has 1 N–H and O–H groups in total. The zero-order chi connectivity index (χ0) is 15.5. The van der Waals surface area contributed by atoms with Crippen LogP contribution in [0.3, 0.4) is 0 Å². The number of aliphatic hydroxyl groups excluding tert-OH is 1. The Morgan fingerprint density at radius 3 is 2.77 bits per heavy atom. The van der Waals surface area contributed by atoms with E-state index >= 15 is 0 Å². The molecule has 1 saturated heterocycles. The van der Waals surface area contributed by atoms with Crippen molar-refractivity contribution in [3.05, 3.63) is 47.2 Å². The van der Waals surface area contributed by atoms with Crippen LogP contribution in [-0.4, -0.2) is 39.0 Å². The van der Waals surface area contributed by atoms with Crippen LogP contribution in [0.2, 0.25) is 5.02 Å². The van der Waals surface area contributed by atoms with Gasteiger partial charge in [-0.05, 0) is 49.9 Å². The van der Waals surface area contributed by atoms with Gasteiger partial charge in [0, 0.05) is 42.5 Å². The van der Waals surface area contributed by atoms with Crippen molar-refractivity contribution in [3.63, 3.8) is 0 Å². The SMILES string of the molecule is CC1CCC(CO)CN1Cc1cnn(-c2ccc(Cl)cc2)c1. The van der Waals surface area contributed by atoms with E-state index in [9.17, 15) is 5.11 Å². The zero-order valence-corrected chi connectivity index (χ0v) is 13.6. The summed E-state index contributed by atoms with van der Waals surface area (Å²) in [5.74, 6) is 0.405. The topological polar surface area (TPSA) is 41.3 Å². The predicted molar refractivity (Wildman–Crippen MR) is 88.3 cm³/mol. The van der Waals surface area contributed by atoms with Gasteiger partial charge in [0.1, 0.15) is 0 Å². The lowest BCUT2D eigenvalue weighted by Gasteiger charge is -2.37. The van der Waals surface area contributed by atoms with Gasteiger partial charge in [-0.3, -0.25) is 4.90 Å². The Morgan fingerprint density at radius 2 is 2.05 bits per heavy atom. The number of halogens is 1. The van der Waals surface area contributed by atoms with Gasteiger partial charge in [0.2, 0.25) is 0 Å². The first-order chi connectivity index (χ1) is 10.7. The summed E-state index contributed by atoms with van der Waals surface area (Å²) in [4.78, 5) is 2.44. The Morgan fingerprint density at radius 1 is 1.27 bits per heavy atom. The van der Waals surface area contributed by atoms with Gasteiger partial charge in [0.05, 0.1) is 11.9 Å². The van der Waals surface area contributed by atoms with E-state index in [1.807, 2.05) is 35.1 Å². The van der Waals surface area contributed by atoms with Crippen molar-refractivity contribution >= 4 is 11.6 Å². The number of rotatable bonds is 4. The van der Waals surface area contributed by atoms with Crippen LogP contribution in [0.15, 0.2) is 36.7 Å². The predicted octanol–water partition coefficient (Wildman–Crippen LogP) is 3.12. The monoisotopic (exact) mass is 319 g/mol. The summed E-state index contributed by atoms with van der Waals surface area (Å²) in [5.41, 5.74) is 2.20. The van der Waals surface area contributed by atoms with E-state index in [2.05, 4.69) is 23.1 Å². The first kappa shape index (κ1) is 15.5. The Hall–Kier alpha value is -1.36. The molecular weight excluding hydrogens is 298 g/mol. The number of piperidine rings is 1. The maximum Gasteiger partial charge on any atom is 0.0646 e. The number of hydrogen-bond acceptors (Lipinski definition) is 3. The molecule has 0 saturated carbocycles. The lowest BCUT2D eigenvalue weighted by Crippen LogP contribution is -2.42. The average molecular weight is 320 g/mol. The Bertz CT molecular complexity index is 611. The molecule has 0 radical (unpaired) electrons. The van der Waals surface area contributed by atoms with Gasteiger partial charge in [0.25, 0.3) is 0 Å². The lowest BCUT2D eigenvalue weighted by molar-refractivity contribution is 0.0771. The van der Waals surface area contributed by atoms with Crippen LogP contribution in [0.25, 0.3) is 5.69 Å². The van der Waals surface area contributed by atoms with E-state index in [1.165, 1.54) is 5.56 Å². The third kappa shape index (κ3) is 3.51. The van der Waals surface area contributed by atoms with Gasteiger partial charge in [-0.15, -0.1) is 0 Å². The summed E-state index contributed by atoms with van der Waals surface area (Å²) < 4.78 is 1.88.